The summed E-state index contributed by atoms with van der Waals surface area (Å²) in [5.74, 6) is -5.02. The van der Waals surface area contributed by atoms with Gasteiger partial charge in [0.15, 0.2) is 30.6 Å². The third kappa shape index (κ3) is 6.46. The van der Waals surface area contributed by atoms with Gasteiger partial charge in [-0.2, -0.15) is 0 Å². The van der Waals surface area contributed by atoms with E-state index in [2.05, 4.69) is 27.7 Å². The van der Waals surface area contributed by atoms with Gasteiger partial charge >= 0.3 is 17.9 Å². The Balaban J connectivity index is 1.19. The van der Waals surface area contributed by atoms with Gasteiger partial charge in [0.1, 0.15) is 36.6 Å². The van der Waals surface area contributed by atoms with Gasteiger partial charge in [-0.25, -0.2) is 9.59 Å². The molecule has 2 saturated heterocycles. The van der Waals surface area contributed by atoms with Crippen molar-refractivity contribution in [3.05, 3.63) is 11.6 Å². The highest BCUT2D eigenvalue weighted by Crippen LogP contribution is 2.75. The number of carbonyl (C=O) groups excluding carboxylic acids is 1. The van der Waals surface area contributed by atoms with Crippen LogP contribution in [0.25, 0.3) is 0 Å². The smallest absolute Gasteiger partial charge is 0.335 e. The topological polar surface area (TPSA) is 287 Å². The van der Waals surface area contributed by atoms with E-state index in [1.165, 1.54) is 0 Å². The molecule has 7 aliphatic rings. The zero-order valence-corrected chi connectivity index (χ0v) is 34.5. The lowest BCUT2D eigenvalue weighted by atomic mass is 9.33. The van der Waals surface area contributed by atoms with E-state index >= 15 is 0 Å². The van der Waals surface area contributed by atoms with Crippen LogP contribution in [0.2, 0.25) is 0 Å². The zero-order valence-electron chi connectivity index (χ0n) is 34.5. The van der Waals surface area contributed by atoms with Gasteiger partial charge in [0.05, 0.1) is 18.1 Å². The number of rotatable bonds is 8. The van der Waals surface area contributed by atoms with Crippen LogP contribution in [0.3, 0.4) is 0 Å². The molecule has 0 bridgehead atoms. The fourth-order valence-corrected chi connectivity index (χ4v) is 13.4. The Kier molecular flexibility index (Phi) is 11.1. The molecule has 6 fully saturated rings. The van der Waals surface area contributed by atoms with Gasteiger partial charge in [0.25, 0.3) is 0 Å². The second kappa shape index (κ2) is 14.8. The van der Waals surface area contributed by atoms with Crippen molar-refractivity contribution in [2.45, 2.75) is 167 Å². The van der Waals surface area contributed by atoms with Crippen molar-refractivity contribution in [3.63, 3.8) is 0 Å². The van der Waals surface area contributed by atoms with Crippen molar-refractivity contribution in [1.82, 2.24) is 0 Å². The van der Waals surface area contributed by atoms with E-state index in [0.717, 1.165) is 24.8 Å². The lowest BCUT2D eigenvalue weighted by Crippen LogP contribution is -2.69. The molecule has 0 radical (unpaired) electrons. The summed E-state index contributed by atoms with van der Waals surface area (Å²) in [6, 6.07) is 0. The first-order valence-corrected chi connectivity index (χ1v) is 20.9. The average molecular weight is 839 g/mol. The number of carboxylic acids is 3. The molecule has 0 aromatic rings. The molecule has 0 unspecified atom stereocenters. The summed E-state index contributed by atoms with van der Waals surface area (Å²) >= 11 is 0. The normalized spacial score (nSPS) is 53.5. The molecule has 59 heavy (non-hydrogen) atoms. The van der Waals surface area contributed by atoms with Crippen LogP contribution in [-0.2, 0) is 38.1 Å². The number of ether oxygens (including phenoxy) is 4. The largest absolute Gasteiger partial charge is 0.481 e. The summed E-state index contributed by atoms with van der Waals surface area (Å²) in [7, 11) is 0. The molecule has 7 rings (SSSR count). The van der Waals surface area contributed by atoms with Crippen molar-refractivity contribution in [2.24, 2.45) is 50.2 Å². The highest BCUT2D eigenvalue weighted by Gasteiger charge is 2.71. The maximum atomic E-state index is 14.9. The van der Waals surface area contributed by atoms with E-state index in [1.54, 1.807) is 0 Å². The first-order chi connectivity index (χ1) is 27.3. The summed E-state index contributed by atoms with van der Waals surface area (Å²) in [5.41, 5.74) is -2.63. The first kappa shape index (κ1) is 44.5. The third-order valence-electron chi connectivity index (χ3n) is 17.4. The molecule has 2 aliphatic heterocycles. The minimum absolute atomic E-state index is 0.0119. The summed E-state index contributed by atoms with van der Waals surface area (Å²) in [6.07, 6.45) is -13.8. The van der Waals surface area contributed by atoms with Crippen LogP contribution in [0, 0.1) is 50.2 Å². The van der Waals surface area contributed by atoms with Gasteiger partial charge in [-0.1, -0.05) is 40.2 Å². The maximum Gasteiger partial charge on any atom is 0.335 e. The Morgan fingerprint density at radius 1 is 0.729 bits per heavy atom. The SMILES string of the molecule is C[C@]1(C(=O)O)CC[C@]2(C)CC[C@@]3(C)C(=CC(=O)[C@@H]4[C@@]5(C)CC[C@H](O[C@H]6O[C@H](C(=O)O)[C@@H](O)[C@H](O)[C@H]6O[C@@H]6O[C@H](C(=O)O)[C@@H](O)[C@H](O)[C@H]6O)[C@](C)(CO)[C@@H]5CC[C@]43C)[C@H]2C1. The van der Waals surface area contributed by atoms with Gasteiger partial charge in [0, 0.05) is 11.3 Å². The first-order valence-electron chi connectivity index (χ1n) is 20.9. The Hall–Kier alpha value is -2.58. The van der Waals surface area contributed by atoms with Crippen molar-refractivity contribution >= 4 is 23.7 Å². The van der Waals surface area contributed by atoms with Crippen LogP contribution in [0.15, 0.2) is 11.6 Å². The van der Waals surface area contributed by atoms with Crippen molar-refractivity contribution in [3.8, 4) is 0 Å². The van der Waals surface area contributed by atoms with Crippen LogP contribution in [-0.4, -0.2) is 144 Å². The van der Waals surface area contributed by atoms with Crippen molar-refractivity contribution in [1.29, 1.82) is 0 Å². The van der Waals surface area contributed by atoms with Crippen LogP contribution in [0.1, 0.15) is 99.3 Å². The molecule has 0 aromatic carbocycles. The number of aliphatic hydroxyl groups excluding tert-OH is 6. The molecule has 2 heterocycles. The van der Waals surface area contributed by atoms with E-state index in [1.807, 2.05) is 19.9 Å². The second-order valence-corrected chi connectivity index (χ2v) is 20.5. The van der Waals surface area contributed by atoms with E-state index in [4.69, 9.17) is 18.9 Å². The number of hydrogen-bond donors (Lipinski definition) is 9. The molecule has 20 atom stereocenters. The molecule has 4 saturated carbocycles. The Bertz CT molecular complexity index is 1750. The van der Waals surface area contributed by atoms with Crippen LogP contribution in [0.5, 0.6) is 0 Å². The highest BCUT2D eigenvalue weighted by atomic mass is 16.8. The van der Waals surface area contributed by atoms with Gasteiger partial charge in [0.2, 0.25) is 0 Å². The average Bonchev–Trinajstić information content (AvgIpc) is 3.16. The fourth-order valence-electron chi connectivity index (χ4n) is 13.4. The Morgan fingerprint density at radius 2 is 1.32 bits per heavy atom. The lowest BCUT2D eigenvalue weighted by Gasteiger charge is -2.70. The summed E-state index contributed by atoms with van der Waals surface area (Å²) in [5, 5.41) is 94.3. The summed E-state index contributed by atoms with van der Waals surface area (Å²) < 4.78 is 23.2. The van der Waals surface area contributed by atoms with E-state index in [0.29, 0.717) is 32.1 Å². The van der Waals surface area contributed by atoms with E-state index in [9.17, 15) is 65.1 Å². The third-order valence-corrected chi connectivity index (χ3v) is 17.4. The maximum absolute atomic E-state index is 14.9. The van der Waals surface area contributed by atoms with Crippen LogP contribution < -0.4 is 0 Å². The number of carboxylic acid groups (broad SMARTS) is 3. The number of allylic oxidation sites excluding steroid dienone is 2. The van der Waals surface area contributed by atoms with E-state index < -0.39 is 125 Å². The van der Waals surface area contributed by atoms with Crippen LogP contribution >= 0.6 is 0 Å². The molecule has 5 aliphatic carbocycles. The predicted octanol–water partition coefficient (Wildman–Crippen LogP) is 1.22. The van der Waals surface area contributed by atoms with Gasteiger partial charge in [-0.3, -0.25) is 9.59 Å². The quantitative estimate of drug-likeness (QED) is 0.155. The van der Waals surface area contributed by atoms with Crippen molar-refractivity contribution < 1.29 is 84.1 Å². The molecule has 0 aromatic heterocycles. The number of fused-ring (bicyclic) bond motifs is 7. The van der Waals surface area contributed by atoms with Crippen molar-refractivity contribution in [2.75, 3.05) is 6.61 Å². The number of ketones is 1. The molecule has 0 spiro atoms. The predicted molar refractivity (Wildman–Crippen MR) is 201 cm³/mol. The number of aliphatic hydroxyl groups is 6. The Morgan fingerprint density at radius 3 is 1.92 bits per heavy atom. The summed E-state index contributed by atoms with van der Waals surface area (Å²) in [6.45, 7) is 12.0. The molecule has 332 valence electrons. The fraction of sp³-hybridized carbons (Fsp3) is 0.857. The standard InChI is InChI=1S/C42H62O17/c1-37-11-12-38(2,36(54)55)16-19(37)18-15-20(44)31-39(3)9-8-22(40(4,17-43)21(39)7-10-42(31,6)41(18,5)14-13-37)56-35-30(26(48)25(47)29(58-35)33(52)53)59-34-27(49)23(45)24(46)28(57-34)32(50)51/h15,19,21-31,34-35,43,45-49H,7-14,16-17H2,1-6H3,(H,50,51)(H,52,53)(H,54,55)/t19-,21-,22+,23+,24+,25+,26+,27-,28+,29+,30-,31-,34+,35+,37-,38+,39+,40-,41+,42-/m1/s1. The minimum Gasteiger partial charge on any atom is -0.481 e. The van der Waals surface area contributed by atoms with Gasteiger partial charge in [-0.05, 0) is 104 Å². The monoisotopic (exact) mass is 838 g/mol. The molecule has 17 nitrogen and oxygen atoms in total. The molecule has 17 heteroatoms. The number of hydrogen-bond acceptors (Lipinski definition) is 14. The van der Waals surface area contributed by atoms with Gasteiger partial charge < -0.3 is 64.9 Å². The highest BCUT2D eigenvalue weighted by molar-refractivity contribution is 5.95. The van der Waals surface area contributed by atoms with E-state index in [-0.39, 0.29) is 29.5 Å². The molecular formula is C42H62O17. The lowest BCUT2D eigenvalue weighted by molar-refractivity contribution is -0.372. The summed E-state index contributed by atoms with van der Waals surface area (Å²) in [4.78, 5) is 51.4. The minimum atomic E-state index is -2.10. The molecular weight excluding hydrogens is 776 g/mol. The van der Waals surface area contributed by atoms with Crippen LogP contribution in [0.4, 0.5) is 0 Å². The van der Waals surface area contributed by atoms with Gasteiger partial charge in [-0.15, -0.1) is 0 Å². The molecule has 9 N–H and O–H groups in total. The Labute approximate surface area is 342 Å². The molecule has 0 amide bonds. The number of aliphatic carboxylic acids is 3. The zero-order chi connectivity index (χ0) is 43.6. The number of carbonyl (C=O) groups is 4. The second-order valence-electron chi connectivity index (χ2n) is 20.5.